The van der Waals surface area contributed by atoms with Crippen molar-refractivity contribution < 1.29 is 27.8 Å². The number of aliphatic carboxylic acids is 1. The second-order valence-electron chi connectivity index (χ2n) is 18.4. The topological polar surface area (TPSA) is 49.8 Å². The highest BCUT2D eigenvalue weighted by atomic mass is 32.1. The molecule has 2 aliphatic rings. The maximum absolute atomic E-state index is 13.4. The van der Waals surface area contributed by atoms with Gasteiger partial charge in [0, 0.05) is 12.6 Å². The van der Waals surface area contributed by atoms with Gasteiger partial charge in [0.2, 0.25) is 0 Å². The molecule has 0 aromatic heterocycles. The molecule has 0 amide bonds. The van der Waals surface area contributed by atoms with Crippen molar-refractivity contribution in [2.45, 2.75) is 114 Å². The summed E-state index contributed by atoms with van der Waals surface area (Å²) in [5, 5.41) is 9.08. The van der Waals surface area contributed by atoms with E-state index >= 15 is 0 Å². The Hall–Kier alpha value is -5.21. The molecule has 0 heterocycles. The number of carboxylic acid groups (broad SMARTS) is 1. The number of ether oxygens (including phenoxy) is 1. The summed E-state index contributed by atoms with van der Waals surface area (Å²) < 4.78 is 45.1. The van der Waals surface area contributed by atoms with Crippen LogP contribution in [-0.4, -0.2) is 41.7 Å². The smallest absolute Gasteiger partial charge is 0.420 e. The molecule has 0 saturated heterocycles. The van der Waals surface area contributed by atoms with Gasteiger partial charge in [-0.05, 0) is 125 Å². The zero-order valence-electron chi connectivity index (χ0n) is 40.2. The average molecular weight is 894 g/mol. The molecule has 0 bridgehead atoms. The van der Waals surface area contributed by atoms with Gasteiger partial charge in [-0.15, -0.1) is 0 Å². The number of carboxylic acids is 1. The van der Waals surface area contributed by atoms with E-state index in [9.17, 15) is 18.0 Å². The van der Waals surface area contributed by atoms with E-state index in [0.717, 1.165) is 0 Å². The van der Waals surface area contributed by atoms with Crippen LogP contribution in [0.1, 0.15) is 119 Å². The standard InChI is InChI=1S/C40H56.C16H14F3NO3S/c1-31(19-13-21-33(3)25-27-37-35(5)23-15-29-39(37,7)8)17-11-12-18-32(2)20-14-22-34(4)26-28-38-36(6)24-16-30-40(38,9)10;1-20(8-13(21)22)15(24)11-5-3-4-10-9(11)6-7-12(23-2)14(10)16(17,18)19/h11-14,17-22,25-28H,15-16,23-24,29-30H2,1-10H3;3-7H,8H2,1-2H3,(H,21,22)/b12-11+,19-13+,20-14+,27-25+,28-26+,31-17+,32-18+,33-21+,34-22+;. The third-order valence-corrected chi connectivity index (χ3v) is 12.4. The Morgan fingerprint density at radius 1 is 0.734 bits per heavy atom. The molecule has 0 aliphatic heterocycles. The molecule has 0 saturated carbocycles. The summed E-state index contributed by atoms with van der Waals surface area (Å²) in [6.07, 6.45) is 33.8. The summed E-state index contributed by atoms with van der Waals surface area (Å²) in [4.78, 5) is 12.3. The van der Waals surface area contributed by atoms with Crippen molar-refractivity contribution >= 4 is 33.9 Å². The van der Waals surface area contributed by atoms with Crippen molar-refractivity contribution in [3.8, 4) is 5.75 Å². The van der Waals surface area contributed by atoms with E-state index in [2.05, 4.69) is 154 Å². The highest BCUT2D eigenvalue weighted by Crippen LogP contribution is 2.43. The lowest BCUT2D eigenvalue weighted by molar-refractivity contribution is -0.138. The molecule has 1 N–H and O–H groups in total. The van der Waals surface area contributed by atoms with Crippen LogP contribution in [0.5, 0.6) is 5.75 Å². The van der Waals surface area contributed by atoms with E-state index in [0.29, 0.717) is 16.4 Å². The van der Waals surface area contributed by atoms with Crippen molar-refractivity contribution in [1.82, 2.24) is 4.90 Å². The second-order valence-corrected chi connectivity index (χ2v) is 18.8. The van der Waals surface area contributed by atoms with Gasteiger partial charge in [-0.25, -0.2) is 0 Å². The predicted molar refractivity (Wildman–Crippen MR) is 269 cm³/mol. The lowest BCUT2D eigenvalue weighted by Crippen LogP contribution is -2.31. The van der Waals surface area contributed by atoms with Crippen molar-refractivity contribution in [3.05, 3.63) is 171 Å². The molecule has 2 aromatic rings. The van der Waals surface area contributed by atoms with E-state index < -0.39 is 17.7 Å². The van der Waals surface area contributed by atoms with Gasteiger partial charge in [-0.1, -0.05) is 177 Å². The van der Waals surface area contributed by atoms with Crippen LogP contribution in [0.2, 0.25) is 0 Å². The molecular weight excluding hydrogens is 824 g/mol. The fourth-order valence-corrected chi connectivity index (χ4v) is 8.50. The minimum atomic E-state index is -4.60. The van der Waals surface area contributed by atoms with Gasteiger partial charge in [0.25, 0.3) is 0 Å². The van der Waals surface area contributed by atoms with Gasteiger partial charge in [-0.2, -0.15) is 13.2 Å². The van der Waals surface area contributed by atoms with Crippen LogP contribution in [0.4, 0.5) is 13.2 Å². The maximum Gasteiger partial charge on any atom is 0.420 e. The molecule has 2 aliphatic carbocycles. The fourth-order valence-electron chi connectivity index (χ4n) is 8.26. The molecule has 64 heavy (non-hydrogen) atoms. The molecule has 2 aromatic carbocycles. The highest BCUT2D eigenvalue weighted by molar-refractivity contribution is 7.80. The third-order valence-electron chi connectivity index (χ3n) is 11.9. The molecule has 0 spiro atoms. The number of carbonyl (C=O) groups is 1. The quantitative estimate of drug-likeness (QED) is 0.151. The summed E-state index contributed by atoms with van der Waals surface area (Å²) in [5.74, 6) is -1.37. The van der Waals surface area contributed by atoms with Crippen LogP contribution in [0.3, 0.4) is 0 Å². The zero-order chi connectivity index (χ0) is 47.8. The summed E-state index contributed by atoms with van der Waals surface area (Å²) in [6, 6.07) is 7.07. The number of allylic oxidation sites excluding steroid dienone is 22. The molecule has 0 radical (unpaired) electrons. The van der Waals surface area contributed by atoms with Crippen LogP contribution in [0.25, 0.3) is 10.8 Å². The Labute approximate surface area is 387 Å². The summed E-state index contributed by atoms with van der Waals surface area (Å²) >= 11 is 5.24. The van der Waals surface area contributed by atoms with Gasteiger partial charge in [0.1, 0.15) is 22.8 Å². The lowest BCUT2D eigenvalue weighted by Gasteiger charge is -2.33. The van der Waals surface area contributed by atoms with Crippen LogP contribution in [-0.2, 0) is 11.0 Å². The van der Waals surface area contributed by atoms with Gasteiger partial charge in [0.05, 0.1) is 7.11 Å². The Balaban J connectivity index is 0.000000385. The Morgan fingerprint density at radius 3 is 1.61 bits per heavy atom. The van der Waals surface area contributed by atoms with E-state index in [1.54, 1.807) is 17.2 Å². The first-order valence-electron chi connectivity index (χ1n) is 22.1. The van der Waals surface area contributed by atoms with Crippen LogP contribution < -0.4 is 4.74 Å². The van der Waals surface area contributed by atoms with E-state index in [4.69, 9.17) is 22.1 Å². The van der Waals surface area contributed by atoms with Gasteiger partial charge < -0.3 is 14.7 Å². The number of halogens is 3. The van der Waals surface area contributed by atoms with Crippen LogP contribution >= 0.6 is 12.2 Å². The molecule has 0 unspecified atom stereocenters. The van der Waals surface area contributed by atoms with E-state index in [1.807, 2.05) is 0 Å². The van der Waals surface area contributed by atoms with Gasteiger partial charge >= 0.3 is 12.1 Å². The normalized spacial score (nSPS) is 18.0. The number of likely N-dealkylation sites (N-methyl/N-ethyl adjacent to an activating group) is 1. The Bertz CT molecular complexity index is 2260. The number of benzene rings is 2. The van der Waals surface area contributed by atoms with Crippen molar-refractivity contribution in [3.63, 3.8) is 0 Å². The highest BCUT2D eigenvalue weighted by Gasteiger charge is 2.37. The number of hydrogen-bond donors (Lipinski definition) is 1. The number of alkyl halides is 3. The van der Waals surface area contributed by atoms with Crippen molar-refractivity contribution in [2.24, 2.45) is 10.8 Å². The molecule has 4 nitrogen and oxygen atoms in total. The summed E-state index contributed by atoms with van der Waals surface area (Å²) in [5.41, 5.74) is 11.2. The fraction of sp³-hybridized carbons (Fsp3) is 0.393. The monoisotopic (exact) mass is 894 g/mol. The van der Waals surface area contributed by atoms with Gasteiger partial charge in [0.15, 0.2) is 0 Å². The first kappa shape index (κ1) is 53.1. The molecular formula is C56H70F3NO3S. The number of thiocarbonyl (C=S) groups is 1. The number of rotatable bonds is 14. The SMILES string of the molecule is CC1=C(/C=C/C(C)=C/C=C/C(C)=C/C=C/C=C(C)/C=C/C=C(C)/C=C/C2=C(C)CCCC2(C)C)C(C)(C)CCC1.COc1ccc2c(C(=S)N(C)CC(=O)O)cccc2c1C(F)(F)F. The lowest BCUT2D eigenvalue weighted by atomic mass is 9.72. The van der Waals surface area contributed by atoms with Crippen LogP contribution in [0.15, 0.2) is 160 Å². The minimum Gasteiger partial charge on any atom is -0.496 e. The first-order chi connectivity index (χ1) is 30.0. The number of fused-ring (bicyclic) bond motifs is 1. The number of nitrogens with zero attached hydrogens (tertiary/aromatic N) is 1. The van der Waals surface area contributed by atoms with Crippen LogP contribution in [0, 0.1) is 10.8 Å². The molecule has 0 fully saturated rings. The van der Waals surface area contributed by atoms with Crippen molar-refractivity contribution in [1.29, 1.82) is 0 Å². The number of hydrogen-bond acceptors (Lipinski definition) is 3. The van der Waals surface area contributed by atoms with E-state index in [-0.39, 0.29) is 28.1 Å². The van der Waals surface area contributed by atoms with Crippen molar-refractivity contribution in [2.75, 3.05) is 20.7 Å². The first-order valence-corrected chi connectivity index (χ1v) is 22.5. The molecule has 4 rings (SSSR count). The Morgan fingerprint density at radius 2 is 1.19 bits per heavy atom. The summed E-state index contributed by atoms with van der Waals surface area (Å²) in [7, 11) is 2.65. The van der Waals surface area contributed by atoms with Gasteiger partial charge in [-0.3, -0.25) is 4.79 Å². The largest absolute Gasteiger partial charge is 0.496 e. The minimum absolute atomic E-state index is 0.0505. The predicted octanol–water partition coefficient (Wildman–Crippen LogP) is 16.2. The summed E-state index contributed by atoms with van der Waals surface area (Å²) in [6.45, 7) is 22.4. The maximum atomic E-state index is 13.4. The zero-order valence-corrected chi connectivity index (χ0v) is 41.0. The average Bonchev–Trinajstić information content (AvgIpc) is 3.20. The molecule has 344 valence electrons. The molecule has 8 heteroatoms. The number of methoxy groups -OCH3 is 1. The van der Waals surface area contributed by atoms with E-state index in [1.165, 1.54) is 115 Å². The molecule has 0 atom stereocenters. The Kier molecular flexibility index (Phi) is 20.1. The second kappa shape index (κ2) is 24.2. The third kappa shape index (κ3) is 16.1.